The third-order valence-corrected chi connectivity index (χ3v) is 4.81. The first-order valence-electron chi connectivity index (χ1n) is 7.17. The average molecular weight is 344 g/mol. The number of hydrogen-bond acceptors (Lipinski definition) is 1. The summed E-state index contributed by atoms with van der Waals surface area (Å²) in [5.41, 5.74) is 3.93. The Morgan fingerprint density at radius 3 is 2.38 bits per heavy atom. The van der Waals surface area contributed by atoms with Crippen molar-refractivity contribution in [1.29, 1.82) is 0 Å². The van der Waals surface area contributed by atoms with Crippen molar-refractivity contribution in [3.8, 4) is 0 Å². The minimum absolute atomic E-state index is 0.0985. The average Bonchev–Trinajstić information content (AvgIpc) is 3.25. The molecule has 0 aromatic heterocycles. The predicted octanol–water partition coefficient (Wildman–Crippen LogP) is 4.74. The van der Waals surface area contributed by atoms with Crippen LogP contribution in [0.25, 0.3) is 0 Å². The molecular weight excluding hydrogens is 326 g/mol. The lowest BCUT2D eigenvalue weighted by molar-refractivity contribution is -0.118. The summed E-state index contributed by atoms with van der Waals surface area (Å²) >= 11 is 3.56. The van der Waals surface area contributed by atoms with Gasteiger partial charge < -0.3 is 5.32 Å². The number of amides is 1. The SMILES string of the molecule is Cc1cc(C)c(NC(=O)C2(c3ccccc3)CC2)c(Br)c1. The molecule has 3 heteroatoms. The van der Waals surface area contributed by atoms with Crippen LogP contribution >= 0.6 is 15.9 Å². The van der Waals surface area contributed by atoms with Crippen LogP contribution in [0.15, 0.2) is 46.9 Å². The molecule has 1 aliphatic rings. The number of benzene rings is 2. The molecule has 1 aliphatic carbocycles. The van der Waals surface area contributed by atoms with E-state index in [4.69, 9.17) is 0 Å². The molecule has 1 saturated carbocycles. The van der Waals surface area contributed by atoms with Gasteiger partial charge in [-0.1, -0.05) is 36.4 Å². The van der Waals surface area contributed by atoms with Crippen LogP contribution in [0, 0.1) is 13.8 Å². The number of carbonyl (C=O) groups excluding carboxylic acids is 1. The zero-order valence-corrected chi connectivity index (χ0v) is 13.8. The fourth-order valence-electron chi connectivity index (χ4n) is 2.84. The van der Waals surface area contributed by atoms with Crippen LogP contribution in [0.1, 0.15) is 29.5 Å². The fraction of sp³-hybridized carbons (Fsp3) is 0.278. The Balaban J connectivity index is 1.88. The molecule has 0 radical (unpaired) electrons. The Kier molecular flexibility index (Phi) is 3.62. The van der Waals surface area contributed by atoms with Gasteiger partial charge in [-0.05, 0) is 65.4 Å². The number of hydrogen-bond donors (Lipinski definition) is 1. The zero-order chi connectivity index (χ0) is 15.0. The van der Waals surface area contributed by atoms with Crippen molar-refractivity contribution >= 4 is 27.5 Å². The quantitative estimate of drug-likeness (QED) is 0.856. The summed E-state index contributed by atoms with van der Waals surface area (Å²) in [7, 11) is 0. The third kappa shape index (κ3) is 2.62. The molecule has 0 bridgehead atoms. The minimum atomic E-state index is -0.335. The molecule has 0 saturated heterocycles. The molecule has 1 fully saturated rings. The van der Waals surface area contributed by atoms with Gasteiger partial charge in [0.1, 0.15) is 0 Å². The second kappa shape index (κ2) is 5.30. The smallest absolute Gasteiger partial charge is 0.235 e. The lowest BCUT2D eigenvalue weighted by atomic mass is 9.95. The summed E-state index contributed by atoms with van der Waals surface area (Å²) in [6.45, 7) is 4.07. The standard InChI is InChI=1S/C18H18BrNO/c1-12-10-13(2)16(15(19)11-12)20-17(21)18(8-9-18)14-6-4-3-5-7-14/h3-7,10-11H,8-9H2,1-2H3,(H,20,21). The zero-order valence-electron chi connectivity index (χ0n) is 12.2. The van der Waals surface area contributed by atoms with Crippen LogP contribution in [-0.4, -0.2) is 5.91 Å². The topological polar surface area (TPSA) is 29.1 Å². The van der Waals surface area contributed by atoms with Crippen molar-refractivity contribution in [2.75, 3.05) is 5.32 Å². The van der Waals surface area contributed by atoms with Gasteiger partial charge in [-0.15, -0.1) is 0 Å². The van der Waals surface area contributed by atoms with Crippen LogP contribution < -0.4 is 5.32 Å². The molecule has 108 valence electrons. The van der Waals surface area contributed by atoms with Crippen LogP contribution in [-0.2, 0) is 10.2 Å². The minimum Gasteiger partial charge on any atom is -0.324 e. The van der Waals surface area contributed by atoms with Gasteiger partial charge >= 0.3 is 0 Å². The van der Waals surface area contributed by atoms with Crippen molar-refractivity contribution < 1.29 is 4.79 Å². The first kappa shape index (κ1) is 14.3. The molecule has 2 nitrogen and oxygen atoms in total. The highest BCUT2D eigenvalue weighted by atomic mass is 79.9. The van der Waals surface area contributed by atoms with E-state index in [-0.39, 0.29) is 11.3 Å². The molecule has 1 N–H and O–H groups in total. The summed E-state index contributed by atoms with van der Waals surface area (Å²) in [6, 6.07) is 14.2. The second-order valence-corrected chi connectivity index (χ2v) is 6.70. The van der Waals surface area contributed by atoms with Crippen LogP contribution in [0.2, 0.25) is 0 Å². The molecule has 0 spiro atoms. The van der Waals surface area contributed by atoms with Gasteiger partial charge in [0.05, 0.1) is 11.1 Å². The molecule has 21 heavy (non-hydrogen) atoms. The van der Waals surface area contributed by atoms with Gasteiger partial charge in [0.2, 0.25) is 5.91 Å². The van der Waals surface area contributed by atoms with E-state index in [1.165, 1.54) is 5.56 Å². The number of nitrogens with one attached hydrogen (secondary N) is 1. The highest BCUT2D eigenvalue weighted by molar-refractivity contribution is 9.10. The molecule has 2 aromatic carbocycles. The van der Waals surface area contributed by atoms with E-state index in [2.05, 4.69) is 34.2 Å². The maximum absolute atomic E-state index is 12.8. The van der Waals surface area contributed by atoms with Crippen LogP contribution in [0.3, 0.4) is 0 Å². The lowest BCUT2D eigenvalue weighted by Gasteiger charge is -2.18. The number of aryl methyl sites for hydroxylation is 2. The molecule has 3 rings (SSSR count). The van der Waals surface area contributed by atoms with E-state index in [9.17, 15) is 4.79 Å². The second-order valence-electron chi connectivity index (χ2n) is 5.84. The maximum Gasteiger partial charge on any atom is 0.235 e. The van der Waals surface area contributed by atoms with E-state index in [0.29, 0.717) is 0 Å². The van der Waals surface area contributed by atoms with Crippen molar-refractivity contribution in [3.63, 3.8) is 0 Å². The molecule has 1 amide bonds. The normalized spacial score (nSPS) is 15.6. The number of carbonyl (C=O) groups is 1. The molecule has 0 unspecified atom stereocenters. The van der Waals surface area contributed by atoms with Crippen LogP contribution in [0.4, 0.5) is 5.69 Å². The number of rotatable bonds is 3. The van der Waals surface area contributed by atoms with E-state index in [0.717, 1.165) is 34.1 Å². The van der Waals surface area contributed by atoms with E-state index in [1.807, 2.05) is 43.3 Å². The van der Waals surface area contributed by atoms with Gasteiger partial charge in [0, 0.05) is 4.47 Å². The van der Waals surface area contributed by atoms with Crippen molar-refractivity contribution in [2.45, 2.75) is 32.1 Å². The Morgan fingerprint density at radius 1 is 1.14 bits per heavy atom. The summed E-state index contributed by atoms with van der Waals surface area (Å²) in [4.78, 5) is 12.8. The molecule has 2 aromatic rings. The first-order chi connectivity index (χ1) is 10.0. The van der Waals surface area contributed by atoms with Crippen molar-refractivity contribution in [2.24, 2.45) is 0 Å². The Bertz CT molecular complexity index is 667. The molecular formula is C18H18BrNO. The van der Waals surface area contributed by atoms with Gasteiger partial charge in [-0.3, -0.25) is 4.79 Å². The summed E-state index contributed by atoms with van der Waals surface area (Å²) < 4.78 is 0.942. The van der Waals surface area contributed by atoms with Crippen LogP contribution in [0.5, 0.6) is 0 Å². The summed E-state index contributed by atoms with van der Waals surface area (Å²) in [6.07, 6.45) is 1.84. The summed E-state index contributed by atoms with van der Waals surface area (Å²) in [5, 5.41) is 3.12. The van der Waals surface area contributed by atoms with Crippen molar-refractivity contribution in [3.05, 3.63) is 63.6 Å². The Hall–Kier alpha value is -1.61. The van der Waals surface area contributed by atoms with E-state index in [1.54, 1.807) is 0 Å². The molecule has 0 heterocycles. The Labute approximate surface area is 133 Å². The van der Waals surface area contributed by atoms with E-state index >= 15 is 0 Å². The lowest BCUT2D eigenvalue weighted by Crippen LogP contribution is -2.28. The fourth-order valence-corrected chi connectivity index (χ4v) is 3.61. The first-order valence-corrected chi connectivity index (χ1v) is 7.96. The molecule has 0 atom stereocenters. The highest BCUT2D eigenvalue weighted by Gasteiger charge is 2.51. The maximum atomic E-state index is 12.8. The molecule has 0 aliphatic heterocycles. The van der Waals surface area contributed by atoms with Gasteiger partial charge in [-0.25, -0.2) is 0 Å². The van der Waals surface area contributed by atoms with Gasteiger partial charge in [0.15, 0.2) is 0 Å². The van der Waals surface area contributed by atoms with Crippen molar-refractivity contribution in [1.82, 2.24) is 0 Å². The summed E-state index contributed by atoms with van der Waals surface area (Å²) in [5.74, 6) is 0.0985. The predicted molar refractivity (Wildman–Crippen MR) is 89.6 cm³/mol. The van der Waals surface area contributed by atoms with Gasteiger partial charge in [-0.2, -0.15) is 0 Å². The highest BCUT2D eigenvalue weighted by Crippen LogP contribution is 2.49. The largest absolute Gasteiger partial charge is 0.324 e. The Morgan fingerprint density at radius 2 is 1.81 bits per heavy atom. The van der Waals surface area contributed by atoms with Gasteiger partial charge in [0.25, 0.3) is 0 Å². The monoisotopic (exact) mass is 343 g/mol. The third-order valence-electron chi connectivity index (χ3n) is 4.18. The van der Waals surface area contributed by atoms with E-state index < -0.39 is 0 Å². The number of halogens is 1. The number of anilines is 1.